The molecule has 1 saturated heterocycles. The number of aliphatic imine (C=N–C) groups is 2. The molecule has 1 fully saturated rings. The predicted molar refractivity (Wildman–Crippen MR) is 172 cm³/mol. The number of nitrogens with zero attached hydrogens (tertiary/aromatic N) is 7. The van der Waals surface area contributed by atoms with Crippen LogP contribution < -0.4 is 0 Å². The van der Waals surface area contributed by atoms with Crippen molar-refractivity contribution < 1.29 is 4.79 Å². The summed E-state index contributed by atoms with van der Waals surface area (Å²) in [6.45, 7) is 21.6. The lowest BCUT2D eigenvalue weighted by Gasteiger charge is -2.46. The molecule has 0 spiro atoms. The number of amides is 1. The van der Waals surface area contributed by atoms with Gasteiger partial charge in [-0.15, -0.1) is 21.5 Å². The molecule has 2 aliphatic heterocycles. The summed E-state index contributed by atoms with van der Waals surface area (Å²) in [5, 5.41) is 10.7. The van der Waals surface area contributed by atoms with E-state index in [1.807, 2.05) is 36.1 Å². The standard InChI is InChI=1S/C32H40ClN7OS/c1-9-34-31(5,6)19-32(7,8)39-16-14-38(15-17-39)26(41)18-25-29-37-36-22(4)40(29)30-27(20(2)21(3)42-30)28(35-25)23-10-12-24(33)13-11-23/h10-13,25H,1,14-19H2,2-8H3. The van der Waals surface area contributed by atoms with Crippen molar-refractivity contribution >= 4 is 40.4 Å². The van der Waals surface area contributed by atoms with Gasteiger partial charge >= 0.3 is 0 Å². The highest BCUT2D eigenvalue weighted by molar-refractivity contribution is 7.15. The quantitative estimate of drug-likeness (QED) is 0.303. The van der Waals surface area contributed by atoms with E-state index in [9.17, 15) is 4.79 Å². The first-order valence-electron chi connectivity index (χ1n) is 14.4. The van der Waals surface area contributed by atoms with E-state index in [1.54, 1.807) is 11.3 Å². The summed E-state index contributed by atoms with van der Waals surface area (Å²) < 4.78 is 2.10. The van der Waals surface area contributed by atoms with Crippen LogP contribution in [0.25, 0.3) is 5.00 Å². The Morgan fingerprint density at radius 1 is 1.10 bits per heavy atom. The summed E-state index contributed by atoms with van der Waals surface area (Å²) in [5.74, 6) is 4.29. The fourth-order valence-electron chi connectivity index (χ4n) is 6.41. The van der Waals surface area contributed by atoms with E-state index < -0.39 is 6.04 Å². The van der Waals surface area contributed by atoms with Crippen LogP contribution in [0.3, 0.4) is 0 Å². The Bertz CT molecular complexity index is 1570. The molecule has 222 valence electrons. The van der Waals surface area contributed by atoms with Gasteiger partial charge in [-0.1, -0.05) is 23.7 Å². The molecule has 0 N–H and O–H groups in total. The Morgan fingerprint density at radius 3 is 2.40 bits per heavy atom. The van der Waals surface area contributed by atoms with Gasteiger partial charge in [-0.2, -0.15) is 0 Å². The number of benzene rings is 1. The number of carbonyl (C=O) groups excluding carboxylic acids is 1. The molecule has 1 unspecified atom stereocenters. The molecule has 5 rings (SSSR count). The summed E-state index contributed by atoms with van der Waals surface area (Å²) in [6, 6.07) is 7.30. The average Bonchev–Trinajstić information content (AvgIpc) is 3.40. The van der Waals surface area contributed by atoms with Gasteiger partial charge in [0.2, 0.25) is 5.91 Å². The van der Waals surface area contributed by atoms with Crippen molar-refractivity contribution in [2.45, 2.75) is 78.4 Å². The highest BCUT2D eigenvalue weighted by atomic mass is 35.5. The number of aryl methyl sites for hydroxylation is 2. The summed E-state index contributed by atoms with van der Waals surface area (Å²) >= 11 is 7.95. The monoisotopic (exact) mass is 605 g/mol. The smallest absolute Gasteiger partial charge is 0.225 e. The number of hydrogen-bond donors (Lipinski definition) is 0. The summed E-state index contributed by atoms with van der Waals surface area (Å²) in [5.41, 5.74) is 3.76. The highest BCUT2D eigenvalue weighted by Crippen LogP contribution is 2.40. The van der Waals surface area contributed by atoms with E-state index in [2.05, 4.69) is 78.6 Å². The minimum atomic E-state index is -0.462. The lowest BCUT2D eigenvalue weighted by atomic mass is 9.85. The maximum Gasteiger partial charge on any atom is 0.225 e. The number of hydrogen-bond acceptors (Lipinski definition) is 7. The third-order valence-electron chi connectivity index (χ3n) is 8.46. The van der Waals surface area contributed by atoms with E-state index in [-0.39, 0.29) is 23.4 Å². The second-order valence-corrected chi connectivity index (χ2v) is 14.2. The van der Waals surface area contributed by atoms with Gasteiger partial charge in [0, 0.05) is 52.7 Å². The molecule has 8 nitrogen and oxygen atoms in total. The number of aromatic nitrogens is 3. The molecule has 0 bridgehead atoms. The fraction of sp³-hybridized carbons (Fsp3) is 0.500. The van der Waals surface area contributed by atoms with Crippen molar-refractivity contribution in [1.29, 1.82) is 0 Å². The molecule has 10 heteroatoms. The van der Waals surface area contributed by atoms with Gasteiger partial charge < -0.3 is 4.90 Å². The number of carbonyl (C=O) groups is 1. The Labute approximate surface area is 257 Å². The van der Waals surface area contributed by atoms with Crippen molar-refractivity contribution in [2.24, 2.45) is 9.98 Å². The molecule has 0 aliphatic carbocycles. The van der Waals surface area contributed by atoms with E-state index in [1.165, 1.54) is 10.4 Å². The van der Waals surface area contributed by atoms with Gasteiger partial charge in [-0.25, -0.2) is 4.99 Å². The van der Waals surface area contributed by atoms with Crippen LogP contribution in [0.15, 0.2) is 40.8 Å². The molecule has 2 aliphatic rings. The number of fused-ring (bicyclic) bond motifs is 3. The molecule has 0 saturated carbocycles. The molecule has 2 aromatic heterocycles. The first-order valence-corrected chi connectivity index (χ1v) is 15.6. The number of halogens is 1. The predicted octanol–water partition coefficient (Wildman–Crippen LogP) is 6.14. The van der Waals surface area contributed by atoms with Crippen LogP contribution in [-0.4, -0.2) is 79.3 Å². The van der Waals surface area contributed by atoms with Crippen LogP contribution in [0.5, 0.6) is 0 Å². The lowest BCUT2D eigenvalue weighted by Crippen LogP contribution is -2.57. The van der Waals surface area contributed by atoms with E-state index in [0.29, 0.717) is 23.9 Å². The Hall–Kier alpha value is -3.10. The van der Waals surface area contributed by atoms with Crippen molar-refractivity contribution in [2.75, 3.05) is 26.2 Å². The topological polar surface area (TPSA) is 79.0 Å². The van der Waals surface area contributed by atoms with Crippen LogP contribution in [0, 0.1) is 20.8 Å². The van der Waals surface area contributed by atoms with Crippen LogP contribution in [0.4, 0.5) is 0 Å². The zero-order chi connectivity index (χ0) is 30.4. The third kappa shape index (κ3) is 5.88. The van der Waals surface area contributed by atoms with Crippen LogP contribution in [0.1, 0.15) is 79.8 Å². The minimum Gasteiger partial charge on any atom is -0.340 e. The van der Waals surface area contributed by atoms with Gasteiger partial charge in [-0.3, -0.25) is 19.3 Å². The molecule has 4 heterocycles. The van der Waals surface area contributed by atoms with Crippen molar-refractivity contribution in [1.82, 2.24) is 24.6 Å². The van der Waals surface area contributed by atoms with E-state index in [0.717, 1.165) is 47.2 Å². The van der Waals surface area contributed by atoms with Gasteiger partial charge in [0.15, 0.2) is 5.82 Å². The number of thiophene rings is 1. The first-order chi connectivity index (χ1) is 19.8. The molecular weight excluding hydrogens is 566 g/mol. The van der Waals surface area contributed by atoms with Gasteiger partial charge in [0.05, 0.1) is 17.7 Å². The first kappa shape index (κ1) is 30.4. The second-order valence-electron chi connectivity index (χ2n) is 12.5. The second kappa shape index (κ2) is 11.5. The van der Waals surface area contributed by atoms with Gasteiger partial charge in [0.1, 0.15) is 16.9 Å². The number of piperazine rings is 1. The molecule has 1 aromatic carbocycles. The summed E-state index contributed by atoms with van der Waals surface area (Å²) in [6.07, 6.45) is 1.10. The Balaban J connectivity index is 1.41. The maximum absolute atomic E-state index is 13.8. The minimum absolute atomic E-state index is 0.0700. The maximum atomic E-state index is 13.8. The van der Waals surface area contributed by atoms with Crippen LogP contribution in [-0.2, 0) is 4.79 Å². The molecule has 0 radical (unpaired) electrons. The highest BCUT2D eigenvalue weighted by Gasteiger charge is 2.37. The zero-order valence-electron chi connectivity index (χ0n) is 25.7. The van der Waals surface area contributed by atoms with Crippen molar-refractivity contribution in [3.8, 4) is 5.00 Å². The summed E-state index contributed by atoms with van der Waals surface area (Å²) in [7, 11) is 0. The Morgan fingerprint density at radius 2 is 1.76 bits per heavy atom. The molecule has 3 aromatic rings. The molecular formula is C32H40ClN7OS. The average molecular weight is 606 g/mol. The van der Waals surface area contributed by atoms with Gasteiger partial charge in [0.25, 0.3) is 0 Å². The molecule has 1 atom stereocenters. The molecule has 1 amide bonds. The van der Waals surface area contributed by atoms with E-state index >= 15 is 0 Å². The normalized spacial score (nSPS) is 17.7. The zero-order valence-corrected chi connectivity index (χ0v) is 27.2. The third-order valence-corrected chi connectivity index (χ3v) is 9.90. The fourth-order valence-corrected chi connectivity index (χ4v) is 7.75. The van der Waals surface area contributed by atoms with Crippen molar-refractivity contribution in [3.63, 3.8) is 0 Å². The Kier molecular flexibility index (Phi) is 8.33. The van der Waals surface area contributed by atoms with Crippen LogP contribution >= 0.6 is 22.9 Å². The van der Waals surface area contributed by atoms with Crippen LogP contribution in [0.2, 0.25) is 5.02 Å². The largest absolute Gasteiger partial charge is 0.340 e. The SMILES string of the molecule is C=C=NC(C)(C)CC(C)(C)N1CCN(C(=O)CC2N=C(c3ccc(Cl)cc3)c3c(sc(C)c3C)-n3c(C)nnc32)CC1. The summed E-state index contributed by atoms with van der Waals surface area (Å²) in [4.78, 5) is 29.2. The van der Waals surface area contributed by atoms with E-state index in [4.69, 9.17) is 16.6 Å². The number of rotatable bonds is 7. The van der Waals surface area contributed by atoms with Gasteiger partial charge in [-0.05, 0) is 85.0 Å². The lowest BCUT2D eigenvalue weighted by molar-refractivity contribution is -0.134. The molecule has 42 heavy (non-hydrogen) atoms. The van der Waals surface area contributed by atoms with Crippen molar-refractivity contribution in [3.05, 3.63) is 69.1 Å².